The molecule has 0 saturated heterocycles. The molecule has 0 amide bonds. The Morgan fingerprint density at radius 1 is 1.13 bits per heavy atom. The molecule has 2 aromatic carbocycles. The monoisotopic (exact) mass is 398 g/mol. The van der Waals surface area contributed by atoms with Gasteiger partial charge in [-0.25, -0.2) is 0 Å². The third-order valence-electron chi connectivity index (χ3n) is 5.87. The van der Waals surface area contributed by atoms with Crippen molar-refractivity contribution in [1.29, 1.82) is 0 Å². The molecule has 1 aromatic heterocycles. The lowest BCUT2D eigenvalue weighted by Crippen LogP contribution is -2.31. The molecule has 5 rings (SSSR count). The van der Waals surface area contributed by atoms with Crippen molar-refractivity contribution in [2.24, 2.45) is 0 Å². The molecular weight excluding hydrogens is 368 g/mol. The van der Waals surface area contributed by atoms with E-state index < -0.39 is 0 Å². The summed E-state index contributed by atoms with van der Waals surface area (Å²) in [5, 5.41) is 5.11. The van der Waals surface area contributed by atoms with E-state index in [0.29, 0.717) is 0 Å². The van der Waals surface area contributed by atoms with E-state index in [2.05, 4.69) is 65.4 Å². The molecule has 0 fully saturated rings. The van der Waals surface area contributed by atoms with E-state index >= 15 is 0 Å². The van der Waals surface area contributed by atoms with Gasteiger partial charge in [-0.1, -0.05) is 43.7 Å². The van der Waals surface area contributed by atoms with Crippen molar-refractivity contribution in [3.63, 3.8) is 0 Å². The van der Waals surface area contributed by atoms with Gasteiger partial charge in [0.05, 0.1) is 13.2 Å². The van der Waals surface area contributed by atoms with Crippen LogP contribution in [0.1, 0.15) is 53.4 Å². The van der Waals surface area contributed by atoms with Gasteiger partial charge in [-0.3, -0.25) is 0 Å². The van der Waals surface area contributed by atoms with Crippen LogP contribution >= 0.6 is 0 Å². The Hall–Kier alpha value is -3.00. The Balaban J connectivity index is 0.00000106. The molecule has 154 valence electrons. The van der Waals surface area contributed by atoms with Gasteiger partial charge in [-0.05, 0) is 73.4 Å². The molecule has 0 bridgehead atoms. The number of rotatable bonds is 3. The predicted octanol–water partition coefficient (Wildman–Crippen LogP) is 6.14. The van der Waals surface area contributed by atoms with Crippen LogP contribution in [0.25, 0.3) is 23.1 Å². The lowest BCUT2D eigenvalue weighted by Gasteiger charge is -2.25. The summed E-state index contributed by atoms with van der Waals surface area (Å²) in [5.74, 6) is 0.893. The zero-order valence-electron chi connectivity index (χ0n) is 18.3. The zero-order chi connectivity index (χ0) is 21.1. The first-order valence-corrected chi connectivity index (χ1v) is 10.9. The maximum atomic E-state index is 5.58. The van der Waals surface area contributed by atoms with Gasteiger partial charge in [0.2, 0.25) is 0 Å². The molecule has 1 atom stereocenters. The van der Waals surface area contributed by atoms with Gasteiger partial charge in [0.25, 0.3) is 0 Å². The van der Waals surface area contributed by atoms with Gasteiger partial charge in [-0.2, -0.15) is 0 Å². The number of hydrogen-bond donors (Lipinski definition) is 2. The first-order valence-electron chi connectivity index (χ1n) is 10.9. The summed E-state index contributed by atoms with van der Waals surface area (Å²) < 4.78 is 5.58. The molecule has 2 heterocycles. The number of allylic oxidation sites excluding steroid dienone is 2. The minimum absolute atomic E-state index is 0.280. The van der Waals surface area contributed by atoms with E-state index in [-0.39, 0.29) is 6.04 Å². The number of fused-ring (bicyclic) bond motifs is 4. The number of hydrogen-bond acceptors (Lipinski definition) is 2. The molecule has 30 heavy (non-hydrogen) atoms. The van der Waals surface area contributed by atoms with Crippen LogP contribution in [-0.2, 0) is 12.8 Å². The van der Waals surface area contributed by atoms with Crippen LogP contribution in [0.3, 0.4) is 0 Å². The molecule has 3 nitrogen and oxygen atoms in total. The van der Waals surface area contributed by atoms with E-state index in [1.165, 1.54) is 38.9 Å². The lowest BCUT2D eigenvalue weighted by molar-refractivity contribution is 0.413. The number of aromatic amines is 1. The second-order valence-corrected chi connectivity index (χ2v) is 7.62. The fourth-order valence-corrected chi connectivity index (χ4v) is 4.51. The average Bonchev–Trinajstić information content (AvgIpc) is 2.96. The number of benzene rings is 2. The first kappa shape index (κ1) is 20.3. The molecule has 2 N–H and O–H groups in total. The molecular formula is C27H30N2O. The molecule has 0 spiro atoms. The Kier molecular flexibility index (Phi) is 5.94. The second kappa shape index (κ2) is 8.79. The minimum atomic E-state index is 0.280. The largest absolute Gasteiger partial charge is 0.496 e. The van der Waals surface area contributed by atoms with Crippen LogP contribution in [0.15, 0.2) is 48.2 Å². The van der Waals surface area contributed by atoms with Crippen LogP contribution < -0.4 is 10.1 Å². The minimum Gasteiger partial charge on any atom is -0.496 e. The maximum absolute atomic E-state index is 5.58. The highest BCUT2D eigenvalue weighted by atomic mass is 16.5. The predicted molar refractivity (Wildman–Crippen MR) is 127 cm³/mol. The zero-order valence-corrected chi connectivity index (χ0v) is 18.3. The lowest BCUT2D eigenvalue weighted by atomic mass is 9.90. The summed E-state index contributed by atoms with van der Waals surface area (Å²) in [5.41, 5.74) is 12.2. The summed E-state index contributed by atoms with van der Waals surface area (Å²) in [4.78, 5) is 3.70. The molecule has 3 heteroatoms. The maximum Gasteiger partial charge on any atom is 0.127 e. The first-order chi connectivity index (χ1) is 14.7. The van der Waals surface area contributed by atoms with Crippen molar-refractivity contribution in [2.45, 2.75) is 39.7 Å². The van der Waals surface area contributed by atoms with E-state index in [4.69, 9.17) is 4.74 Å². The SMILES string of the molecule is CC.COc1ccc(CC2NCCc3c2[nH]c2ccc(C)cc32)c2c1C=C=CC=C2. The van der Waals surface area contributed by atoms with E-state index in [1.54, 1.807) is 7.11 Å². The standard InChI is InChI=1S/C25H24N2O.C2H6/c1-16-8-10-22-21(14-16)20-12-13-26-23(25(20)27-22)15-17-9-11-24(28-2)19-7-5-3-4-6-18(17)19;1-2/h3-4,6-11,14,23,26-27H,12-13,15H2,1-2H3;1-2H3. The third kappa shape index (κ3) is 3.63. The number of methoxy groups -OCH3 is 1. The van der Waals surface area contributed by atoms with Gasteiger partial charge < -0.3 is 15.0 Å². The number of aryl methyl sites for hydroxylation is 1. The van der Waals surface area contributed by atoms with Gasteiger partial charge in [0.1, 0.15) is 5.75 Å². The fourth-order valence-electron chi connectivity index (χ4n) is 4.51. The highest BCUT2D eigenvalue weighted by Crippen LogP contribution is 2.35. The second-order valence-electron chi connectivity index (χ2n) is 7.62. The Labute approximate surface area is 179 Å². The molecule has 0 saturated carbocycles. The molecule has 2 aliphatic rings. The highest BCUT2D eigenvalue weighted by Gasteiger charge is 2.25. The van der Waals surface area contributed by atoms with Gasteiger partial charge >= 0.3 is 0 Å². The summed E-state index contributed by atoms with van der Waals surface area (Å²) in [7, 11) is 1.73. The number of aromatic nitrogens is 1. The summed E-state index contributed by atoms with van der Waals surface area (Å²) in [6.45, 7) is 7.17. The van der Waals surface area contributed by atoms with Crippen molar-refractivity contribution in [3.05, 3.63) is 81.7 Å². The van der Waals surface area contributed by atoms with E-state index in [9.17, 15) is 0 Å². The number of ether oxygens (including phenoxy) is 1. The van der Waals surface area contributed by atoms with E-state index in [0.717, 1.165) is 30.7 Å². The summed E-state index contributed by atoms with van der Waals surface area (Å²) in [6, 6.07) is 11.3. The summed E-state index contributed by atoms with van der Waals surface area (Å²) in [6.07, 6.45) is 10.2. The fraction of sp³-hybridized carbons (Fsp3) is 0.296. The number of nitrogens with one attached hydrogen (secondary N) is 2. The smallest absolute Gasteiger partial charge is 0.127 e. The Morgan fingerprint density at radius 3 is 2.83 bits per heavy atom. The van der Waals surface area contributed by atoms with Gasteiger partial charge in [0.15, 0.2) is 0 Å². The van der Waals surface area contributed by atoms with Gasteiger partial charge in [-0.15, -0.1) is 5.73 Å². The summed E-state index contributed by atoms with van der Waals surface area (Å²) >= 11 is 0. The van der Waals surface area contributed by atoms with Crippen LogP contribution in [-0.4, -0.2) is 18.6 Å². The third-order valence-corrected chi connectivity index (χ3v) is 5.87. The van der Waals surface area contributed by atoms with Crippen LogP contribution in [0.5, 0.6) is 5.75 Å². The van der Waals surface area contributed by atoms with Crippen LogP contribution in [0, 0.1) is 6.92 Å². The molecule has 1 aliphatic carbocycles. The van der Waals surface area contributed by atoms with Crippen molar-refractivity contribution in [1.82, 2.24) is 10.3 Å². The van der Waals surface area contributed by atoms with E-state index in [1.807, 2.05) is 26.0 Å². The van der Waals surface area contributed by atoms with Crippen molar-refractivity contribution in [2.75, 3.05) is 13.7 Å². The highest BCUT2D eigenvalue weighted by molar-refractivity contribution is 5.86. The Morgan fingerprint density at radius 2 is 2.00 bits per heavy atom. The quantitative estimate of drug-likeness (QED) is 0.520. The van der Waals surface area contributed by atoms with Crippen LogP contribution in [0.2, 0.25) is 0 Å². The topological polar surface area (TPSA) is 37.0 Å². The molecule has 0 radical (unpaired) electrons. The average molecular weight is 399 g/mol. The van der Waals surface area contributed by atoms with Crippen LogP contribution in [0.4, 0.5) is 0 Å². The van der Waals surface area contributed by atoms with Crippen molar-refractivity contribution >= 4 is 23.1 Å². The van der Waals surface area contributed by atoms with Gasteiger partial charge in [0, 0.05) is 22.2 Å². The van der Waals surface area contributed by atoms with Crippen molar-refractivity contribution in [3.8, 4) is 5.75 Å². The molecule has 1 aliphatic heterocycles. The Bertz CT molecular complexity index is 1160. The number of H-pyrrole nitrogens is 1. The van der Waals surface area contributed by atoms with Crippen molar-refractivity contribution < 1.29 is 4.74 Å². The molecule has 3 aromatic rings. The normalized spacial score (nSPS) is 16.5. The molecule has 1 unspecified atom stereocenters.